The first kappa shape index (κ1) is 22.8. The summed E-state index contributed by atoms with van der Waals surface area (Å²) >= 11 is 0. The van der Waals surface area contributed by atoms with Gasteiger partial charge in [-0.2, -0.15) is 0 Å². The van der Waals surface area contributed by atoms with Crippen molar-refractivity contribution in [1.29, 1.82) is 0 Å². The van der Waals surface area contributed by atoms with Gasteiger partial charge in [-0.3, -0.25) is 4.79 Å². The van der Waals surface area contributed by atoms with Gasteiger partial charge in [0.2, 0.25) is 5.91 Å². The van der Waals surface area contributed by atoms with Gasteiger partial charge in [0.05, 0.1) is 14.2 Å². The van der Waals surface area contributed by atoms with Crippen molar-refractivity contribution in [2.24, 2.45) is 0 Å². The molecule has 0 aliphatic carbocycles. The Morgan fingerprint density at radius 3 is 2.49 bits per heavy atom. The van der Waals surface area contributed by atoms with Gasteiger partial charge in [0.15, 0.2) is 0 Å². The van der Waals surface area contributed by atoms with E-state index in [0.29, 0.717) is 18.8 Å². The van der Waals surface area contributed by atoms with Crippen molar-refractivity contribution in [3.8, 4) is 28.4 Å². The lowest BCUT2D eigenvalue weighted by atomic mass is 9.87. The van der Waals surface area contributed by atoms with Gasteiger partial charge in [0, 0.05) is 43.1 Å². The Hall–Kier alpha value is -3.99. The Morgan fingerprint density at radius 1 is 0.943 bits per heavy atom. The van der Waals surface area contributed by atoms with E-state index in [1.807, 2.05) is 41.3 Å². The average Bonchev–Trinajstić information content (AvgIpc) is 2.92. The highest BCUT2D eigenvalue weighted by atomic mass is 16.5. The topological polar surface area (TPSA) is 48.0 Å². The number of ether oxygens (including phenoxy) is 3. The number of methoxy groups -OCH3 is 2. The van der Waals surface area contributed by atoms with Gasteiger partial charge >= 0.3 is 0 Å². The standard InChI is InChI=1S/C30H29NO4/c1-33-26-10-12-27(34-2)24(21-26)9-13-29(32)31-18-16-30(17-19-31)15-14-25-20-23(8-11-28(25)35-30)22-6-4-3-5-7-22/h3-15,20-21H,16-19H2,1-2H3/b13-9+. The monoisotopic (exact) mass is 467 g/mol. The van der Waals surface area contributed by atoms with Crippen LogP contribution in [0.15, 0.2) is 78.9 Å². The van der Waals surface area contributed by atoms with Crippen molar-refractivity contribution < 1.29 is 19.0 Å². The number of amides is 1. The normalized spacial score (nSPS) is 16.1. The van der Waals surface area contributed by atoms with Crippen molar-refractivity contribution in [3.05, 3.63) is 90.0 Å². The van der Waals surface area contributed by atoms with Crippen molar-refractivity contribution in [2.45, 2.75) is 18.4 Å². The van der Waals surface area contributed by atoms with Gasteiger partial charge in [-0.05, 0) is 53.6 Å². The van der Waals surface area contributed by atoms with Crippen LogP contribution in [0.1, 0.15) is 24.0 Å². The van der Waals surface area contributed by atoms with Crippen molar-refractivity contribution in [3.63, 3.8) is 0 Å². The van der Waals surface area contributed by atoms with Crippen molar-refractivity contribution in [2.75, 3.05) is 27.3 Å². The number of rotatable bonds is 5. The molecular weight excluding hydrogens is 438 g/mol. The molecule has 35 heavy (non-hydrogen) atoms. The molecule has 178 valence electrons. The Kier molecular flexibility index (Phi) is 6.32. The molecule has 0 bridgehead atoms. The van der Waals surface area contributed by atoms with E-state index in [4.69, 9.17) is 14.2 Å². The molecule has 2 aliphatic heterocycles. The largest absolute Gasteiger partial charge is 0.497 e. The van der Waals surface area contributed by atoms with Crippen molar-refractivity contribution >= 4 is 18.1 Å². The Bertz CT molecular complexity index is 1270. The summed E-state index contributed by atoms with van der Waals surface area (Å²) in [5.41, 5.74) is 3.89. The first-order chi connectivity index (χ1) is 17.1. The summed E-state index contributed by atoms with van der Waals surface area (Å²) in [5.74, 6) is 2.30. The highest BCUT2D eigenvalue weighted by Crippen LogP contribution is 2.39. The number of carbonyl (C=O) groups is 1. The number of hydrogen-bond acceptors (Lipinski definition) is 4. The van der Waals surface area contributed by atoms with Crippen LogP contribution in [0.5, 0.6) is 17.2 Å². The fourth-order valence-corrected chi connectivity index (χ4v) is 4.69. The van der Waals surface area contributed by atoms with Gasteiger partial charge in [-0.1, -0.05) is 42.5 Å². The minimum Gasteiger partial charge on any atom is -0.497 e. The van der Waals surface area contributed by atoms with Gasteiger partial charge < -0.3 is 19.1 Å². The highest BCUT2D eigenvalue weighted by molar-refractivity contribution is 5.92. The van der Waals surface area contributed by atoms with Crippen LogP contribution >= 0.6 is 0 Å². The van der Waals surface area contributed by atoms with Gasteiger partial charge in [-0.15, -0.1) is 0 Å². The van der Waals surface area contributed by atoms with Crippen LogP contribution < -0.4 is 14.2 Å². The third-order valence-electron chi connectivity index (χ3n) is 6.76. The third kappa shape index (κ3) is 4.80. The molecule has 0 saturated carbocycles. The summed E-state index contributed by atoms with van der Waals surface area (Å²) in [6.45, 7) is 1.28. The zero-order valence-electron chi connectivity index (χ0n) is 20.1. The molecule has 0 unspecified atom stereocenters. The van der Waals surface area contributed by atoms with Crippen LogP contribution in [0, 0.1) is 0 Å². The second-order valence-electron chi connectivity index (χ2n) is 8.89. The first-order valence-corrected chi connectivity index (χ1v) is 11.9. The minimum absolute atomic E-state index is 0.0163. The van der Waals surface area contributed by atoms with E-state index >= 15 is 0 Å². The number of carbonyl (C=O) groups excluding carboxylic acids is 1. The van der Waals surface area contributed by atoms with E-state index in [2.05, 4.69) is 42.5 Å². The zero-order valence-corrected chi connectivity index (χ0v) is 20.1. The summed E-state index contributed by atoms with van der Waals surface area (Å²) in [6, 6.07) is 22.2. The SMILES string of the molecule is COc1ccc(OC)c(/C=C/C(=O)N2CCC3(C=Cc4cc(-c5ccccc5)ccc4O3)CC2)c1. The summed E-state index contributed by atoms with van der Waals surface area (Å²) < 4.78 is 17.2. The lowest BCUT2D eigenvalue weighted by Gasteiger charge is -2.41. The fourth-order valence-electron chi connectivity index (χ4n) is 4.69. The number of piperidine rings is 1. The maximum atomic E-state index is 12.9. The lowest BCUT2D eigenvalue weighted by Crippen LogP contribution is -2.49. The van der Waals surface area contributed by atoms with Crippen LogP contribution in [0.3, 0.4) is 0 Å². The van der Waals surface area contributed by atoms with Crippen molar-refractivity contribution in [1.82, 2.24) is 4.90 Å². The molecule has 1 fully saturated rings. The predicted octanol–water partition coefficient (Wildman–Crippen LogP) is 5.85. The molecule has 0 aromatic heterocycles. The molecule has 1 saturated heterocycles. The molecule has 0 radical (unpaired) electrons. The van der Waals surface area contributed by atoms with E-state index in [1.54, 1.807) is 26.4 Å². The van der Waals surface area contributed by atoms with Crippen LogP contribution in [0.2, 0.25) is 0 Å². The third-order valence-corrected chi connectivity index (χ3v) is 6.76. The summed E-state index contributed by atoms with van der Waals surface area (Å²) in [4.78, 5) is 14.8. The van der Waals surface area contributed by atoms with Crippen LogP contribution in [-0.4, -0.2) is 43.7 Å². The Labute approximate surface area is 206 Å². The Morgan fingerprint density at radius 2 is 1.74 bits per heavy atom. The van der Waals surface area contributed by atoms with E-state index in [1.165, 1.54) is 11.1 Å². The summed E-state index contributed by atoms with van der Waals surface area (Å²) in [7, 11) is 3.23. The summed E-state index contributed by atoms with van der Waals surface area (Å²) in [6.07, 6.45) is 9.23. The molecule has 0 atom stereocenters. The van der Waals surface area contributed by atoms with Crippen LogP contribution in [0.25, 0.3) is 23.3 Å². The highest BCUT2D eigenvalue weighted by Gasteiger charge is 2.37. The number of fused-ring (bicyclic) bond motifs is 1. The number of nitrogens with zero attached hydrogens (tertiary/aromatic N) is 1. The average molecular weight is 468 g/mol. The molecule has 1 spiro atoms. The number of hydrogen-bond donors (Lipinski definition) is 0. The summed E-state index contributed by atoms with van der Waals surface area (Å²) in [5, 5.41) is 0. The molecule has 5 rings (SSSR count). The van der Waals surface area contributed by atoms with Gasteiger partial charge in [0.1, 0.15) is 22.8 Å². The molecule has 1 amide bonds. The molecule has 2 heterocycles. The molecule has 5 heteroatoms. The fraction of sp³-hybridized carbons (Fsp3) is 0.233. The Balaban J connectivity index is 1.24. The molecule has 3 aromatic rings. The molecule has 3 aromatic carbocycles. The molecule has 0 N–H and O–H groups in total. The van der Waals surface area contributed by atoms with Crippen LogP contribution in [0.4, 0.5) is 0 Å². The van der Waals surface area contributed by atoms with Gasteiger partial charge in [0.25, 0.3) is 0 Å². The quantitative estimate of drug-likeness (QED) is 0.442. The second-order valence-corrected chi connectivity index (χ2v) is 8.89. The van der Waals surface area contributed by atoms with E-state index in [9.17, 15) is 4.79 Å². The minimum atomic E-state index is -0.363. The second kappa shape index (κ2) is 9.71. The van der Waals surface area contributed by atoms with E-state index in [0.717, 1.165) is 35.5 Å². The maximum absolute atomic E-state index is 12.9. The first-order valence-electron chi connectivity index (χ1n) is 11.9. The van der Waals surface area contributed by atoms with Crippen LogP contribution in [-0.2, 0) is 4.79 Å². The number of benzene rings is 3. The van der Waals surface area contributed by atoms with E-state index in [-0.39, 0.29) is 11.5 Å². The number of likely N-dealkylation sites (tertiary alicyclic amines) is 1. The lowest BCUT2D eigenvalue weighted by molar-refractivity contribution is -0.128. The zero-order chi connectivity index (χ0) is 24.3. The predicted molar refractivity (Wildman–Crippen MR) is 139 cm³/mol. The van der Waals surface area contributed by atoms with E-state index < -0.39 is 0 Å². The van der Waals surface area contributed by atoms with Gasteiger partial charge in [-0.25, -0.2) is 0 Å². The molecule has 2 aliphatic rings. The maximum Gasteiger partial charge on any atom is 0.246 e. The molecule has 5 nitrogen and oxygen atoms in total. The molecular formula is C30H29NO4. The smallest absolute Gasteiger partial charge is 0.246 e.